The Morgan fingerprint density at radius 2 is 2.25 bits per heavy atom. The highest BCUT2D eigenvalue weighted by Crippen LogP contribution is 2.28. The number of anilines is 1. The summed E-state index contributed by atoms with van der Waals surface area (Å²) >= 11 is 0. The number of aliphatic hydroxyl groups excluding tert-OH is 1. The largest absolute Gasteiger partial charge is 0.482 e. The molecule has 0 saturated heterocycles. The molecule has 1 unspecified atom stereocenters. The van der Waals surface area contributed by atoms with Gasteiger partial charge in [-0.25, -0.2) is 0 Å². The topological polar surface area (TPSA) is 87.7 Å². The average molecular weight is 278 g/mol. The lowest BCUT2D eigenvalue weighted by Crippen LogP contribution is -2.41. The zero-order valence-corrected chi connectivity index (χ0v) is 11.5. The molecule has 3 N–H and O–H groups in total. The summed E-state index contributed by atoms with van der Waals surface area (Å²) in [6.07, 6.45) is 0. The summed E-state index contributed by atoms with van der Waals surface area (Å²) < 4.78 is 5.26. The summed E-state index contributed by atoms with van der Waals surface area (Å²) in [4.78, 5) is 23.3. The lowest BCUT2D eigenvalue weighted by Gasteiger charge is -2.21. The molecule has 1 aromatic carbocycles. The first-order chi connectivity index (χ1) is 9.51. The fourth-order valence-electron chi connectivity index (χ4n) is 1.89. The molecule has 0 radical (unpaired) electrons. The minimum atomic E-state index is -0.292. The third kappa shape index (κ3) is 3.08. The quantitative estimate of drug-likeness (QED) is 0.759. The summed E-state index contributed by atoms with van der Waals surface area (Å²) in [6, 6.07) is 4.53. The van der Waals surface area contributed by atoms with Crippen LogP contribution in [0.1, 0.15) is 24.2 Å². The van der Waals surface area contributed by atoms with Crippen molar-refractivity contribution < 1.29 is 19.4 Å². The second-order valence-electron chi connectivity index (χ2n) is 5.05. The predicted octanol–water partition coefficient (Wildman–Crippen LogP) is 0.764. The van der Waals surface area contributed by atoms with E-state index in [4.69, 9.17) is 4.74 Å². The van der Waals surface area contributed by atoms with Crippen molar-refractivity contribution in [1.29, 1.82) is 0 Å². The van der Waals surface area contributed by atoms with Crippen LogP contribution in [0.5, 0.6) is 5.75 Å². The Bertz CT molecular complexity index is 528. The summed E-state index contributed by atoms with van der Waals surface area (Å²) in [5.74, 6) is 0.121. The van der Waals surface area contributed by atoms with E-state index in [0.717, 1.165) is 0 Å². The Kier molecular flexibility index (Phi) is 4.24. The number of aliphatic hydroxyl groups is 1. The molecule has 0 aliphatic carbocycles. The molecule has 1 aliphatic heterocycles. The van der Waals surface area contributed by atoms with Crippen LogP contribution < -0.4 is 15.4 Å². The van der Waals surface area contributed by atoms with Crippen molar-refractivity contribution in [2.24, 2.45) is 5.92 Å². The summed E-state index contributed by atoms with van der Waals surface area (Å²) in [6.45, 7) is 3.68. The van der Waals surface area contributed by atoms with E-state index in [-0.39, 0.29) is 37.0 Å². The standard InChI is InChI=1S/C14H18N2O4/c1-8(2)11(6-17)16-14(19)9-3-4-10-12(5-9)20-7-13(18)15-10/h3-5,8,11,17H,6-7H2,1-2H3,(H,15,18)(H,16,19). The van der Waals surface area contributed by atoms with Gasteiger partial charge in [-0.3, -0.25) is 9.59 Å². The van der Waals surface area contributed by atoms with Crippen molar-refractivity contribution in [3.8, 4) is 5.75 Å². The number of rotatable bonds is 4. The fourth-order valence-corrected chi connectivity index (χ4v) is 1.89. The minimum absolute atomic E-state index is 0.0523. The van der Waals surface area contributed by atoms with Crippen molar-refractivity contribution in [2.75, 3.05) is 18.5 Å². The van der Waals surface area contributed by atoms with Gasteiger partial charge in [0, 0.05) is 5.56 Å². The van der Waals surface area contributed by atoms with Gasteiger partial charge in [0.05, 0.1) is 18.3 Å². The van der Waals surface area contributed by atoms with Crippen molar-refractivity contribution in [2.45, 2.75) is 19.9 Å². The number of carbonyl (C=O) groups is 2. The highest BCUT2D eigenvalue weighted by atomic mass is 16.5. The van der Waals surface area contributed by atoms with Crippen LogP contribution in [-0.2, 0) is 4.79 Å². The molecule has 6 nitrogen and oxygen atoms in total. The van der Waals surface area contributed by atoms with Crippen molar-refractivity contribution in [3.63, 3.8) is 0 Å². The molecule has 1 heterocycles. The zero-order chi connectivity index (χ0) is 14.7. The molecule has 1 aromatic rings. The van der Waals surface area contributed by atoms with E-state index in [9.17, 15) is 14.7 Å². The van der Waals surface area contributed by atoms with Crippen LogP contribution in [0.15, 0.2) is 18.2 Å². The van der Waals surface area contributed by atoms with E-state index in [1.807, 2.05) is 13.8 Å². The minimum Gasteiger partial charge on any atom is -0.482 e. The second-order valence-corrected chi connectivity index (χ2v) is 5.05. The number of hydrogen-bond donors (Lipinski definition) is 3. The smallest absolute Gasteiger partial charge is 0.262 e. The average Bonchev–Trinajstić information content (AvgIpc) is 2.43. The normalized spacial score (nSPS) is 15.1. The number of hydrogen-bond acceptors (Lipinski definition) is 4. The van der Waals surface area contributed by atoms with Gasteiger partial charge < -0.3 is 20.5 Å². The molecule has 20 heavy (non-hydrogen) atoms. The molecule has 2 rings (SSSR count). The highest BCUT2D eigenvalue weighted by molar-refractivity contribution is 5.99. The number of amides is 2. The van der Waals surface area contributed by atoms with Gasteiger partial charge in [-0.1, -0.05) is 13.8 Å². The van der Waals surface area contributed by atoms with Crippen LogP contribution in [-0.4, -0.2) is 36.2 Å². The lowest BCUT2D eigenvalue weighted by molar-refractivity contribution is -0.118. The van der Waals surface area contributed by atoms with Crippen molar-refractivity contribution in [1.82, 2.24) is 5.32 Å². The first-order valence-corrected chi connectivity index (χ1v) is 6.49. The van der Waals surface area contributed by atoms with Gasteiger partial charge in [-0.15, -0.1) is 0 Å². The molecular weight excluding hydrogens is 260 g/mol. The second kappa shape index (κ2) is 5.92. The molecule has 0 saturated carbocycles. The third-order valence-electron chi connectivity index (χ3n) is 3.19. The molecule has 0 fully saturated rings. The van der Waals surface area contributed by atoms with Crippen LogP contribution in [0.4, 0.5) is 5.69 Å². The van der Waals surface area contributed by atoms with Gasteiger partial charge >= 0.3 is 0 Å². The lowest BCUT2D eigenvalue weighted by atomic mass is 10.0. The van der Waals surface area contributed by atoms with Gasteiger partial charge in [0.2, 0.25) is 0 Å². The third-order valence-corrected chi connectivity index (χ3v) is 3.19. The molecule has 0 bridgehead atoms. The number of benzene rings is 1. The maximum atomic E-state index is 12.1. The Labute approximate surface area is 117 Å². The first kappa shape index (κ1) is 14.3. The van der Waals surface area contributed by atoms with Crippen LogP contribution in [0, 0.1) is 5.92 Å². The van der Waals surface area contributed by atoms with E-state index in [1.165, 1.54) is 0 Å². The van der Waals surface area contributed by atoms with Crippen LogP contribution in [0.2, 0.25) is 0 Å². The van der Waals surface area contributed by atoms with Crippen LogP contribution in [0.3, 0.4) is 0 Å². The fraction of sp³-hybridized carbons (Fsp3) is 0.429. The first-order valence-electron chi connectivity index (χ1n) is 6.49. The number of nitrogens with one attached hydrogen (secondary N) is 2. The molecule has 0 aromatic heterocycles. The van der Waals surface area contributed by atoms with Gasteiger partial charge in [0.15, 0.2) is 6.61 Å². The zero-order valence-electron chi connectivity index (χ0n) is 11.5. The van der Waals surface area contributed by atoms with E-state index in [0.29, 0.717) is 17.0 Å². The van der Waals surface area contributed by atoms with Gasteiger partial charge in [0.25, 0.3) is 11.8 Å². The number of ether oxygens (including phenoxy) is 1. The monoisotopic (exact) mass is 278 g/mol. The van der Waals surface area contributed by atoms with Gasteiger partial charge in [0.1, 0.15) is 5.75 Å². The summed E-state index contributed by atoms with van der Waals surface area (Å²) in [7, 11) is 0. The summed E-state index contributed by atoms with van der Waals surface area (Å²) in [5.41, 5.74) is 0.986. The van der Waals surface area contributed by atoms with Crippen molar-refractivity contribution >= 4 is 17.5 Å². The highest BCUT2D eigenvalue weighted by Gasteiger charge is 2.20. The van der Waals surface area contributed by atoms with Crippen LogP contribution >= 0.6 is 0 Å². The van der Waals surface area contributed by atoms with Gasteiger partial charge in [-0.2, -0.15) is 0 Å². The molecule has 108 valence electrons. The Balaban J connectivity index is 2.13. The molecule has 6 heteroatoms. The Morgan fingerprint density at radius 1 is 1.50 bits per heavy atom. The molecular formula is C14H18N2O4. The molecule has 2 amide bonds. The Morgan fingerprint density at radius 3 is 2.90 bits per heavy atom. The number of carbonyl (C=O) groups excluding carboxylic acids is 2. The van der Waals surface area contributed by atoms with Crippen LogP contribution in [0.25, 0.3) is 0 Å². The van der Waals surface area contributed by atoms with E-state index >= 15 is 0 Å². The Hall–Kier alpha value is -2.08. The van der Waals surface area contributed by atoms with E-state index in [1.54, 1.807) is 18.2 Å². The van der Waals surface area contributed by atoms with Gasteiger partial charge in [-0.05, 0) is 24.1 Å². The molecule has 0 spiro atoms. The number of fused-ring (bicyclic) bond motifs is 1. The van der Waals surface area contributed by atoms with E-state index in [2.05, 4.69) is 10.6 Å². The van der Waals surface area contributed by atoms with E-state index < -0.39 is 0 Å². The summed E-state index contributed by atoms with van der Waals surface area (Å²) in [5, 5.41) is 14.7. The molecule has 1 aliphatic rings. The van der Waals surface area contributed by atoms with Crippen molar-refractivity contribution in [3.05, 3.63) is 23.8 Å². The predicted molar refractivity (Wildman–Crippen MR) is 73.7 cm³/mol. The maximum Gasteiger partial charge on any atom is 0.262 e. The SMILES string of the molecule is CC(C)C(CO)NC(=O)c1ccc2c(c1)OCC(=O)N2. The molecule has 1 atom stereocenters. The maximum absolute atomic E-state index is 12.1.